The summed E-state index contributed by atoms with van der Waals surface area (Å²) in [5.41, 5.74) is 5.87. The summed E-state index contributed by atoms with van der Waals surface area (Å²) in [7, 11) is 0. The van der Waals surface area contributed by atoms with Crippen molar-refractivity contribution < 1.29 is 14.3 Å². The Hall–Kier alpha value is -1.10. The maximum absolute atomic E-state index is 11.3. The van der Waals surface area contributed by atoms with Gasteiger partial charge in [0.2, 0.25) is 5.91 Å². The molecule has 0 radical (unpaired) electrons. The molecule has 2 unspecified atom stereocenters. The minimum atomic E-state index is -0.214. The third-order valence-electron chi connectivity index (χ3n) is 2.77. The molecule has 2 atom stereocenters. The van der Waals surface area contributed by atoms with Crippen LogP contribution in [-0.2, 0) is 14.3 Å². The molecule has 5 nitrogen and oxygen atoms in total. The number of carbonyl (C=O) groups excluding carboxylic acids is 2. The van der Waals surface area contributed by atoms with E-state index < -0.39 is 0 Å². The van der Waals surface area contributed by atoms with E-state index >= 15 is 0 Å². The fourth-order valence-electron chi connectivity index (χ4n) is 1.89. The van der Waals surface area contributed by atoms with Crippen molar-refractivity contribution in [2.24, 2.45) is 11.7 Å². The molecule has 0 aromatic rings. The van der Waals surface area contributed by atoms with Crippen LogP contribution in [0.3, 0.4) is 0 Å². The molecule has 1 aliphatic heterocycles. The van der Waals surface area contributed by atoms with Gasteiger partial charge in [-0.25, -0.2) is 0 Å². The smallest absolute Gasteiger partial charge is 0.305 e. The standard InChI is InChI=1S/C11H20N2O3/c1-2-16-10(14)4-3-9(12)7-8-5-6-13-11(8)15/h8-9H,2-7,12H2,1H3,(H,13,15). The Morgan fingerprint density at radius 1 is 1.69 bits per heavy atom. The van der Waals surface area contributed by atoms with Gasteiger partial charge in [-0.05, 0) is 26.2 Å². The van der Waals surface area contributed by atoms with Gasteiger partial charge in [0.1, 0.15) is 0 Å². The SMILES string of the molecule is CCOC(=O)CCC(N)CC1CCNC1=O. The quantitative estimate of drug-likeness (QED) is 0.636. The Labute approximate surface area is 95.7 Å². The zero-order valence-electron chi connectivity index (χ0n) is 9.70. The third-order valence-corrected chi connectivity index (χ3v) is 2.77. The van der Waals surface area contributed by atoms with E-state index in [2.05, 4.69) is 5.32 Å². The molecule has 1 saturated heterocycles. The van der Waals surface area contributed by atoms with Crippen molar-refractivity contribution in [1.82, 2.24) is 5.32 Å². The van der Waals surface area contributed by atoms with Gasteiger partial charge in [-0.15, -0.1) is 0 Å². The zero-order chi connectivity index (χ0) is 12.0. The zero-order valence-corrected chi connectivity index (χ0v) is 9.70. The van der Waals surface area contributed by atoms with Crippen molar-refractivity contribution in [3.05, 3.63) is 0 Å². The minimum absolute atomic E-state index is 0.0252. The number of rotatable bonds is 6. The fourth-order valence-corrected chi connectivity index (χ4v) is 1.89. The van der Waals surface area contributed by atoms with Gasteiger partial charge < -0.3 is 15.8 Å². The molecule has 1 rings (SSSR count). The van der Waals surface area contributed by atoms with Gasteiger partial charge in [-0.3, -0.25) is 9.59 Å². The highest BCUT2D eigenvalue weighted by molar-refractivity contribution is 5.80. The van der Waals surface area contributed by atoms with E-state index in [-0.39, 0.29) is 23.8 Å². The predicted octanol–water partition coefficient (Wildman–Crippen LogP) is 0.183. The fraction of sp³-hybridized carbons (Fsp3) is 0.818. The molecule has 0 spiro atoms. The average Bonchev–Trinajstić information content (AvgIpc) is 2.62. The molecular weight excluding hydrogens is 208 g/mol. The monoisotopic (exact) mass is 228 g/mol. The summed E-state index contributed by atoms with van der Waals surface area (Å²) >= 11 is 0. The maximum atomic E-state index is 11.3. The highest BCUT2D eigenvalue weighted by Gasteiger charge is 2.25. The number of carbonyl (C=O) groups is 2. The van der Waals surface area contributed by atoms with Crippen molar-refractivity contribution in [2.45, 2.75) is 38.6 Å². The van der Waals surface area contributed by atoms with Crippen LogP contribution in [0.25, 0.3) is 0 Å². The van der Waals surface area contributed by atoms with Crippen LogP contribution in [0.1, 0.15) is 32.6 Å². The lowest BCUT2D eigenvalue weighted by atomic mass is 9.96. The first kappa shape index (κ1) is 13.0. The molecule has 1 amide bonds. The summed E-state index contributed by atoms with van der Waals surface area (Å²) in [5.74, 6) is -0.0994. The van der Waals surface area contributed by atoms with E-state index in [0.717, 1.165) is 13.0 Å². The van der Waals surface area contributed by atoms with Crippen LogP contribution in [0.2, 0.25) is 0 Å². The third kappa shape index (κ3) is 4.18. The van der Waals surface area contributed by atoms with Gasteiger partial charge in [0, 0.05) is 24.9 Å². The summed E-state index contributed by atoms with van der Waals surface area (Å²) in [4.78, 5) is 22.4. The topological polar surface area (TPSA) is 81.4 Å². The number of esters is 1. The van der Waals surface area contributed by atoms with Crippen LogP contribution in [0.15, 0.2) is 0 Å². The minimum Gasteiger partial charge on any atom is -0.466 e. The Bertz CT molecular complexity index is 256. The first-order valence-electron chi connectivity index (χ1n) is 5.82. The molecule has 3 N–H and O–H groups in total. The van der Waals surface area contributed by atoms with Crippen LogP contribution in [0, 0.1) is 5.92 Å². The maximum Gasteiger partial charge on any atom is 0.305 e. The molecule has 0 saturated carbocycles. The highest BCUT2D eigenvalue weighted by atomic mass is 16.5. The number of hydrogen-bond acceptors (Lipinski definition) is 4. The van der Waals surface area contributed by atoms with Gasteiger partial charge >= 0.3 is 5.97 Å². The number of ether oxygens (including phenoxy) is 1. The number of hydrogen-bond donors (Lipinski definition) is 2. The lowest BCUT2D eigenvalue weighted by molar-refractivity contribution is -0.143. The van der Waals surface area contributed by atoms with Crippen LogP contribution >= 0.6 is 0 Å². The second-order valence-electron chi connectivity index (χ2n) is 4.12. The van der Waals surface area contributed by atoms with E-state index in [9.17, 15) is 9.59 Å². The molecule has 0 aliphatic carbocycles. The normalized spacial score (nSPS) is 21.6. The molecule has 16 heavy (non-hydrogen) atoms. The molecular formula is C11H20N2O3. The molecule has 5 heteroatoms. The summed E-state index contributed by atoms with van der Waals surface area (Å²) in [6.45, 7) is 2.92. The summed E-state index contributed by atoms with van der Waals surface area (Å²) < 4.78 is 4.81. The van der Waals surface area contributed by atoms with Crippen LogP contribution < -0.4 is 11.1 Å². The van der Waals surface area contributed by atoms with Gasteiger partial charge in [0.05, 0.1) is 6.61 Å². The molecule has 0 bridgehead atoms. The van der Waals surface area contributed by atoms with Crippen molar-refractivity contribution in [2.75, 3.05) is 13.2 Å². The van der Waals surface area contributed by atoms with Crippen LogP contribution in [0.5, 0.6) is 0 Å². The summed E-state index contributed by atoms with van der Waals surface area (Å²) in [6, 6.07) is -0.0988. The van der Waals surface area contributed by atoms with E-state index in [0.29, 0.717) is 25.9 Å². The first-order valence-corrected chi connectivity index (χ1v) is 5.82. The number of nitrogens with two attached hydrogens (primary N) is 1. The Kier molecular flexibility index (Phi) is 5.25. The van der Waals surface area contributed by atoms with Crippen molar-refractivity contribution in [3.63, 3.8) is 0 Å². The van der Waals surface area contributed by atoms with Crippen LogP contribution in [0.4, 0.5) is 0 Å². The molecule has 1 heterocycles. The van der Waals surface area contributed by atoms with Crippen molar-refractivity contribution >= 4 is 11.9 Å². The summed E-state index contributed by atoms with van der Waals surface area (Å²) in [6.07, 6.45) is 2.43. The number of amides is 1. The van der Waals surface area contributed by atoms with Gasteiger partial charge in [0.25, 0.3) is 0 Å². The van der Waals surface area contributed by atoms with Crippen LogP contribution in [-0.4, -0.2) is 31.1 Å². The largest absolute Gasteiger partial charge is 0.466 e. The lowest BCUT2D eigenvalue weighted by Crippen LogP contribution is -2.28. The summed E-state index contributed by atoms with van der Waals surface area (Å²) in [5, 5.41) is 2.77. The van der Waals surface area contributed by atoms with Crippen molar-refractivity contribution in [1.29, 1.82) is 0 Å². The molecule has 1 fully saturated rings. The van der Waals surface area contributed by atoms with E-state index in [1.165, 1.54) is 0 Å². The second kappa shape index (κ2) is 6.48. The molecule has 92 valence electrons. The first-order chi connectivity index (χ1) is 7.63. The van der Waals surface area contributed by atoms with Gasteiger partial charge in [0.15, 0.2) is 0 Å². The molecule has 0 aromatic carbocycles. The van der Waals surface area contributed by atoms with E-state index in [1.807, 2.05) is 0 Å². The molecule has 0 aromatic heterocycles. The highest BCUT2D eigenvalue weighted by Crippen LogP contribution is 2.17. The predicted molar refractivity (Wildman–Crippen MR) is 59.6 cm³/mol. The molecule has 1 aliphatic rings. The van der Waals surface area contributed by atoms with E-state index in [1.54, 1.807) is 6.92 Å². The number of nitrogens with one attached hydrogen (secondary N) is 1. The van der Waals surface area contributed by atoms with Gasteiger partial charge in [-0.1, -0.05) is 0 Å². The average molecular weight is 228 g/mol. The Morgan fingerprint density at radius 3 is 3.00 bits per heavy atom. The Morgan fingerprint density at radius 2 is 2.44 bits per heavy atom. The van der Waals surface area contributed by atoms with Crippen molar-refractivity contribution in [3.8, 4) is 0 Å². The van der Waals surface area contributed by atoms with Gasteiger partial charge in [-0.2, -0.15) is 0 Å². The second-order valence-corrected chi connectivity index (χ2v) is 4.12. The Balaban J connectivity index is 2.17. The van der Waals surface area contributed by atoms with E-state index in [4.69, 9.17) is 10.5 Å². The lowest BCUT2D eigenvalue weighted by Gasteiger charge is -2.14.